The lowest BCUT2D eigenvalue weighted by Crippen LogP contribution is -2.49. The van der Waals surface area contributed by atoms with Crippen LogP contribution in [-0.4, -0.2) is 74.3 Å². The van der Waals surface area contributed by atoms with Crippen LogP contribution in [-0.2, 0) is 4.79 Å². The molecule has 0 bridgehead atoms. The highest BCUT2D eigenvalue weighted by atomic mass is 35.5. The first-order valence-electron chi connectivity index (χ1n) is 12.9. The number of likely N-dealkylation sites (N-methyl/N-ethyl adjacent to an activating group) is 1. The molecule has 1 atom stereocenters. The van der Waals surface area contributed by atoms with Gasteiger partial charge in [-0.05, 0) is 57.7 Å². The van der Waals surface area contributed by atoms with E-state index in [1.807, 2.05) is 6.07 Å². The standard InChI is InChI=1S/C25H32ClN9O3/c1-27-19(13-36)24(37)32-16-6-4-15(5-7-16)31-22-11-18(30-14-2-3-14)23-29-12-20(35(23)34-22)25(38)33-17-8-9-28-21(26)10-17/h8-12,14-16,19,27,30,36H,2-7,13H2,1H3,(H,31,34)(H,32,37)(H,28,33,38)/t15?,16?,19-/m0/s1. The Labute approximate surface area is 225 Å². The Morgan fingerprint density at radius 3 is 2.47 bits per heavy atom. The summed E-state index contributed by atoms with van der Waals surface area (Å²) in [4.78, 5) is 33.8. The Hall–Kier alpha value is -3.48. The van der Waals surface area contributed by atoms with Gasteiger partial charge in [-0.25, -0.2) is 14.5 Å². The Balaban J connectivity index is 1.30. The molecule has 202 valence electrons. The summed E-state index contributed by atoms with van der Waals surface area (Å²) in [6.45, 7) is -0.241. The van der Waals surface area contributed by atoms with Gasteiger partial charge in [0.2, 0.25) is 5.91 Å². The highest BCUT2D eigenvalue weighted by molar-refractivity contribution is 6.29. The number of aliphatic hydroxyl groups is 1. The number of rotatable bonds is 10. The minimum absolute atomic E-state index is 0.0659. The van der Waals surface area contributed by atoms with Crippen LogP contribution in [0.25, 0.3) is 5.65 Å². The quantitative estimate of drug-likeness (QED) is 0.211. The number of pyridine rings is 1. The van der Waals surface area contributed by atoms with E-state index in [1.54, 1.807) is 23.7 Å². The van der Waals surface area contributed by atoms with Crippen molar-refractivity contribution in [2.75, 3.05) is 29.6 Å². The van der Waals surface area contributed by atoms with Crippen LogP contribution in [0.4, 0.5) is 17.2 Å². The van der Waals surface area contributed by atoms with Crippen molar-refractivity contribution in [2.45, 2.75) is 62.7 Å². The summed E-state index contributed by atoms with van der Waals surface area (Å²) in [5.74, 6) is 0.0951. The lowest BCUT2D eigenvalue weighted by atomic mass is 9.91. The minimum atomic E-state index is -0.601. The van der Waals surface area contributed by atoms with E-state index in [0.29, 0.717) is 28.9 Å². The van der Waals surface area contributed by atoms with Gasteiger partial charge in [0.15, 0.2) is 11.3 Å². The number of imidazole rings is 1. The van der Waals surface area contributed by atoms with Gasteiger partial charge in [0, 0.05) is 36.1 Å². The first kappa shape index (κ1) is 26.1. The summed E-state index contributed by atoms with van der Waals surface area (Å²) in [5, 5.41) is 30.0. The average Bonchev–Trinajstić information content (AvgIpc) is 3.61. The molecule has 2 saturated carbocycles. The second kappa shape index (κ2) is 11.5. The Morgan fingerprint density at radius 2 is 1.79 bits per heavy atom. The van der Waals surface area contributed by atoms with Crippen LogP contribution in [0.3, 0.4) is 0 Å². The van der Waals surface area contributed by atoms with E-state index in [1.165, 1.54) is 12.4 Å². The molecule has 12 nitrogen and oxygen atoms in total. The predicted octanol–water partition coefficient (Wildman–Crippen LogP) is 2.02. The van der Waals surface area contributed by atoms with Gasteiger partial charge in [0.05, 0.1) is 18.5 Å². The van der Waals surface area contributed by atoms with Gasteiger partial charge < -0.3 is 31.7 Å². The zero-order valence-electron chi connectivity index (χ0n) is 21.1. The minimum Gasteiger partial charge on any atom is -0.394 e. The third kappa shape index (κ3) is 6.14. The van der Waals surface area contributed by atoms with Crippen molar-refractivity contribution >= 4 is 46.3 Å². The van der Waals surface area contributed by atoms with Crippen LogP contribution in [0, 0.1) is 0 Å². The molecule has 0 unspecified atom stereocenters. The normalized spacial score (nSPS) is 20.1. The van der Waals surface area contributed by atoms with Crippen LogP contribution in [0.5, 0.6) is 0 Å². The number of hydrogen-bond acceptors (Lipinski definition) is 9. The van der Waals surface area contributed by atoms with Crippen LogP contribution in [0.2, 0.25) is 5.15 Å². The molecule has 2 aliphatic carbocycles. The molecule has 3 aromatic rings. The molecule has 38 heavy (non-hydrogen) atoms. The molecule has 13 heteroatoms. The third-order valence-corrected chi connectivity index (χ3v) is 7.10. The smallest absolute Gasteiger partial charge is 0.276 e. The maximum Gasteiger partial charge on any atom is 0.276 e. The van der Waals surface area contributed by atoms with E-state index in [-0.39, 0.29) is 35.7 Å². The maximum absolute atomic E-state index is 13.1. The molecule has 2 amide bonds. The number of halogens is 1. The topological polar surface area (TPSA) is 158 Å². The van der Waals surface area contributed by atoms with E-state index in [0.717, 1.165) is 44.2 Å². The molecule has 5 rings (SSSR count). The second-order valence-corrected chi connectivity index (χ2v) is 10.2. The average molecular weight is 542 g/mol. The lowest BCUT2D eigenvalue weighted by molar-refractivity contribution is -0.124. The number of carbonyl (C=O) groups excluding carboxylic acids is 2. The fraction of sp³-hybridized carbons (Fsp3) is 0.480. The first-order chi connectivity index (χ1) is 18.4. The summed E-state index contributed by atoms with van der Waals surface area (Å²) in [6, 6.07) is 5.20. The molecule has 3 aromatic heterocycles. The molecular formula is C25H32ClN9O3. The molecule has 2 aliphatic rings. The van der Waals surface area contributed by atoms with Gasteiger partial charge in [-0.2, -0.15) is 0 Å². The zero-order chi connectivity index (χ0) is 26.6. The maximum atomic E-state index is 13.1. The van der Waals surface area contributed by atoms with Crippen LogP contribution in [0.1, 0.15) is 49.0 Å². The highest BCUT2D eigenvalue weighted by Gasteiger charge is 2.27. The van der Waals surface area contributed by atoms with Gasteiger partial charge in [-0.1, -0.05) is 11.6 Å². The van der Waals surface area contributed by atoms with Crippen molar-refractivity contribution in [1.82, 2.24) is 30.2 Å². The number of fused-ring (bicyclic) bond motifs is 1. The SMILES string of the molecule is CN[C@@H](CO)C(=O)NC1CCC(Nc2cc(NC3CC3)c3ncc(C(=O)Nc4ccnc(Cl)c4)n3n2)CC1. The largest absolute Gasteiger partial charge is 0.394 e. The molecule has 6 N–H and O–H groups in total. The van der Waals surface area contributed by atoms with Crippen molar-refractivity contribution in [3.63, 3.8) is 0 Å². The number of carbonyl (C=O) groups is 2. The van der Waals surface area contributed by atoms with Crippen molar-refractivity contribution < 1.29 is 14.7 Å². The van der Waals surface area contributed by atoms with E-state index >= 15 is 0 Å². The van der Waals surface area contributed by atoms with Crippen LogP contribution >= 0.6 is 11.6 Å². The highest BCUT2D eigenvalue weighted by Crippen LogP contribution is 2.30. The van der Waals surface area contributed by atoms with E-state index in [9.17, 15) is 14.7 Å². The second-order valence-electron chi connectivity index (χ2n) is 9.79. The summed E-state index contributed by atoms with van der Waals surface area (Å²) in [6.07, 6.45) is 8.54. The van der Waals surface area contributed by atoms with Crippen molar-refractivity contribution in [3.8, 4) is 0 Å². The lowest BCUT2D eigenvalue weighted by Gasteiger charge is -2.31. The monoisotopic (exact) mass is 541 g/mol. The molecule has 0 aromatic carbocycles. The molecule has 0 aliphatic heterocycles. The fourth-order valence-electron chi connectivity index (χ4n) is 4.62. The van der Waals surface area contributed by atoms with E-state index in [2.05, 4.69) is 36.6 Å². The van der Waals surface area contributed by atoms with Gasteiger partial charge in [-0.15, -0.1) is 5.10 Å². The number of amides is 2. The number of anilines is 3. The number of aliphatic hydroxyl groups excluding tert-OH is 1. The number of hydrogen-bond donors (Lipinski definition) is 6. The first-order valence-corrected chi connectivity index (χ1v) is 13.2. The molecule has 0 saturated heterocycles. The molecule has 2 fully saturated rings. The van der Waals surface area contributed by atoms with Gasteiger partial charge in [0.1, 0.15) is 17.0 Å². The van der Waals surface area contributed by atoms with Crippen molar-refractivity contribution in [3.05, 3.63) is 41.4 Å². The zero-order valence-corrected chi connectivity index (χ0v) is 21.8. The van der Waals surface area contributed by atoms with E-state index in [4.69, 9.17) is 16.7 Å². The number of aromatic nitrogens is 4. The van der Waals surface area contributed by atoms with Crippen LogP contribution in [0.15, 0.2) is 30.6 Å². The van der Waals surface area contributed by atoms with E-state index < -0.39 is 6.04 Å². The molecule has 0 spiro atoms. The summed E-state index contributed by atoms with van der Waals surface area (Å²) in [5.41, 5.74) is 2.22. The van der Waals surface area contributed by atoms with Gasteiger partial charge in [-0.3, -0.25) is 9.59 Å². The Bertz CT molecular complexity index is 1300. The fourth-order valence-corrected chi connectivity index (χ4v) is 4.80. The van der Waals surface area contributed by atoms with Gasteiger partial charge in [0.25, 0.3) is 5.91 Å². The number of nitrogens with one attached hydrogen (secondary N) is 5. The molecule has 0 radical (unpaired) electrons. The van der Waals surface area contributed by atoms with Crippen molar-refractivity contribution in [2.24, 2.45) is 0 Å². The Kier molecular flexibility index (Phi) is 7.91. The number of nitrogens with zero attached hydrogens (tertiary/aromatic N) is 4. The van der Waals surface area contributed by atoms with Gasteiger partial charge >= 0.3 is 0 Å². The van der Waals surface area contributed by atoms with Crippen molar-refractivity contribution in [1.29, 1.82) is 0 Å². The predicted molar refractivity (Wildman–Crippen MR) is 145 cm³/mol. The molecule has 3 heterocycles. The van der Waals surface area contributed by atoms with Crippen LogP contribution < -0.4 is 26.6 Å². The molecular weight excluding hydrogens is 510 g/mol. The Morgan fingerprint density at radius 1 is 1.08 bits per heavy atom. The summed E-state index contributed by atoms with van der Waals surface area (Å²) in [7, 11) is 1.65. The summed E-state index contributed by atoms with van der Waals surface area (Å²) < 4.78 is 1.56. The third-order valence-electron chi connectivity index (χ3n) is 6.89. The summed E-state index contributed by atoms with van der Waals surface area (Å²) >= 11 is 5.96.